The summed E-state index contributed by atoms with van der Waals surface area (Å²) in [6, 6.07) is 9.86. The number of nitrogens with one attached hydrogen (secondary N) is 2. The van der Waals surface area contributed by atoms with Gasteiger partial charge in [0.15, 0.2) is 16.6 Å². The van der Waals surface area contributed by atoms with Gasteiger partial charge in [-0.3, -0.25) is 9.78 Å². The summed E-state index contributed by atoms with van der Waals surface area (Å²) >= 11 is 5.81. The van der Waals surface area contributed by atoms with Crippen LogP contribution in [0, 0.1) is 0 Å². The number of pyridine rings is 2. The number of hydrogen-bond donors (Lipinski definition) is 2. The Kier molecular flexibility index (Phi) is 7.44. The van der Waals surface area contributed by atoms with Gasteiger partial charge in [-0.2, -0.15) is 0 Å². The molecule has 4 rings (SSSR count). The molecule has 8 heteroatoms. The molecule has 174 valence electrons. The molecule has 0 radical (unpaired) electrons. The second kappa shape index (κ2) is 10.7. The number of ether oxygens (including phenoxy) is 2. The zero-order valence-corrected chi connectivity index (χ0v) is 19.9. The summed E-state index contributed by atoms with van der Waals surface area (Å²) in [5.41, 5.74) is 2.22. The summed E-state index contributed by atoms with van der Waals surface area (Å²) in [5, 5.41) is 5.07. The van der Waals surface area contributed by atoms with Crippen molar-refractivity contribution in [1.29, 1.82) is 0 Å². The molecule has 0 amide bonds. The Hall–Kier alpha value is -3.13. The average Bonchev–Trinajstić information content (AvgIpc) is 2.84. The van der Waals surface area contributed by atoms with Gasteiger partial charge in [0.05, 0.1) is 26.3 Å². The van der Waals surface area contributed by atoms with Gasteiger partial charge in [-0.1, -0.05) is 25.3 Å². The fraction of sp³-hybridized carbons (Fsp3) is 0.400. The molecular weight excluding hydrogens is 436 g/mol. The number of rotatable bonds is 7. The Morgan fingerprint density at radius 1 is 1.15 bits per heavy atom. The molecule has 0 saturated heterocycles. The lowest BCUT2D eigenvalue weighted by Crippen LogP contribution is -2.45. The molecule has 33 heavy (non-hydrogen) atoms. The van der Waals surface area contributed by atoms with Crippen LogP contribution < -0.4 is 20.3 Å². The van der Waals surface area contributed by atoms with Gasteiger partial charge in [-0.15, -0.1) is 0 Å². The van der Waals surface area contributed by atoms with Gasteiger partial charge in [-0.25, -0.2) is 0 Å². The van der Waals surface area contributed by atoms with Crippen LogP contribution in [0.2, 0.25) is 0 Å². The maximum absolute atomic E-state index is 13.0. The highest BCUT2D eigenvalue weighted by atomic mass is 32.1. The van der Waals surface area contributed by atoms with Gasteiger partial charge in [0, 0.05) is 42.0 Å². The van der Waals surface area contributed by atoms with Crippen molar-refractivity contribution < 1.29 is 9.47 Å². The number of benzene rings is 1. The molecule has 0 unspecified atom stereocenters. The number of nitrogens with zero attached hydrogens (tertiary/aromatic N) is 2. The molecule has 1 aromatic carbocycles. The summed E-state index contributed by atoms with van der Waals surface area (Å²) < 4.78 is 10.8. The van der Waals surface area contributed by atoms with Crippen LogP contribution >= 0.6 is 12.2 Å². The fourth-order valence-electron chi connectivity index (χ4n) is 4.33. The first-order valence-corrected chi connectivity index (χ1v) is 11.7. The smallest absolute Gasteiger partial charge is 0.253 e. The third-order valence-corrected chi connectivity index (χ3v) is 6.48. The second-order valence-corrected chi connectivity index (χ2v) is 8.81. The Labute approximate surface area is 199 Å². The highest BCUT2D eigenvalue weighted by molar-refractivity contribution is 7.80. The molecule has 7 nitrogen and oxygen atoms in total. The SMILES string of the molecule is COc1cc2cc(CN(Cc3cccnc3)C(=S)NC3CCCCC3)c(=O)[nH]c2cc1OC. The van der Waals surface area contributed by atoms with Gasteiger partial charge in [0.1, 0.15) is 0 Å². The van der Waals surface area contributed by atoms with Gasteiger partial charge in [0.2, 0.25) is 0 Å². The summed E-state index contributed by atoms with van der Waals surface area (Å²) in [6.07, 6.45) is 9.56. The predicted octanol–water partition coefficient (Wildman–Crippen LogP) is 4.15. The van der Waals surface area contributed by atoms with Gasteiger partial charge in [0.25, 0.3) is 5.56 Å². The van der Waals surface area contributed by atoms with Crippen LogP contribution in [0.5, 0.6) is 11.5 Å². The average molecular weight is 467 g/mol. The Bertz CT molecular complexity index is 1160. The molecule has 2 heterocycles. The van der Waals surface area contributed by atoms with Crippen molar-refractivity contribution in [3.63, 3.8) is 0 Å². The number of methoxy groups -OCH3 is 2. The molecule has 1 aliphatic carbocycles. The highest BCUT2D eigenvalue weighted by Gasteiger charge is 2.19. The van der Waals surface area contributed by atoms with E-state index in [0.29, 0.717) is 46.8 Å². The Morgan fingerprint density at radius 2 is 1.91 bits per heavy atom. The predicted molar refractivity (Wildman–Crippen MR) is 134 cm³/mol. The minimum atomic E-state index is -0.147. The lowest BCUT2D eigenvalue weighted by molar-refractivity contribution is 0.355. The number of thiocarbonyl (C=S) groups is 1. The lowest BCUT2D eigenvalue weighted by Gasteiger charge is -2.31. The highest BCUT2D eigenvalue weighted by Crippen LogP contribution is 2.31. The van der Waals surface area contributed by atoms with Crippen LogP contribution in [0.4, 0.5) is 0 Å². The molecular formula is C25H30N4O3S. The first-order chi connectivity index (χ1) is 16.1. The van der Waals surface area contributed by atoms with Crippen LogP contribution in [0.15, 0.2) is 47.5 Å². The molecule has 1 saturated carbocycles. The number of hydrogen-bond acceptors (Lipinski definition) is 5. The van der Waals surface area contributed by atoms with Crippen LogP contribution in [-0.4, -0.2) is 40.2 Å². The van der Waals surface area contributed by atoms with E-state index in [0.717, 1.165) is 23.8 Å². The van der Waals surface area contributed by atoms with Crippen molar-refractivity contribution in [1.82, 2.24) is 20.2 Å². The zero-order chi connectivity index (χ0) is 23.2. The number of aromatic amines is 1. The van der Waals surface area contributed by atoms with Crippen LogP contribution in [0.1, 0.15) is 43.2 Å². The lowest BCUT2D eigenvalue weighted by atomic mass is 9.96. The minimum Gasteiger partial charge on any atom is -0.493 e. The van der Waals surface area contributed by atoms with Crippen molar-refractivity contribution in [2.24, 2.45) is 0 Å². The van der Waals surface area contributed by atoms with E-state index >= 15 is 0 Å². The van der Waals surface area contributed by atoms with Crippen LogP contribution in [-0.2, 0) is 13.1 Å². The van der Waals surface area contributed by atoms with E-state index in [2.05, 4.69) is 15.3 Å². The molecule has 0 spiro atoms. The maximum Gasteiger partial charge on any atom is 0.253 e. The standard InChI is InChI=1S/C25H30N4O3S/c1-31-22-12-18-11-19(24(30)28-21(18)13-23(22)32-2)16-29(15-17-7-6-10-26-14-17)25(33)27-20-8-4-3-5-9-20/h6-7,10-14,20H,3-5,8-9,15-16H2,1-2H3,(H,27,33)(H,28,30). The molecule has 1 fully saturated rings. The van der Waals surface area contributed by atoms with E-state index in [-0.39, 0.29) is 5.56 Å². The second-order valence-electron chi connectivity index (χ2n) is 8.42. The zero-order valence-electron chi connectivity index (χ0n) is 19.1. The summed E-state index contributed by atoms with van der Waals surface area (Å²) in [7, 11) is 3.17. The first kappa shape index (κ1) is 23.0. The molecule has 0 bridgehead atoms. The van der Waals surface area contributed by atoms with Crippen LogP contribution in [0.25, 0.3) is 10.9 Å². The van der Waals surface area contributed by atoms with Crippen molar-refractivity contribution in [2.75, 3.05) is 14.2 Å². The van der Waals surface area contributed by atoms with Crippen molar-refractivity contribution in [3.8, 4) is 11.5 Å². The van der Waals surface area contributed by atoms with E-state index in [1.54, 1.807) is 26.5 Å². The topological polar surface area (TPSA) is 79.5 Å². The molecule has 2 aromatic heterocycles. The molecule has 3 aromatic rings. The third kappa shape index (κ3) is 5.63. The number of H-pyrrole nitrogens is 1. The summed E-state index contributed by atoms with van der Waals surface area (Å²) in [5.74, 6) is 1.19. The Balaban J connectivity index is 1.63. The van der Waals surface area contributed by atoms with E-state index in [1.807, 2.05) is 35.4 Å². The van der Waals surface area contributed by atoms with E-state index in [9.17, 15) is 4.79 Å². The van der Waals surface area contributed by atoms with E-state index in [1.165, 1.54) is 19.3 Å². The Morgan fingerprint density at radius 3 is 2.61 bits per heavy atom. The normalized spacial score (nSPS) is 14.1. The van der Waals surface area contributed by atoms with Gasteiger partial charge < -0.3 is 24.7 Å². The molecule has 2 N–H and O–H groups in total. The van der Waals surface area contributed by atoms with E-state index < -0.39 is 0 Å². The summed E-state index contributed by atoms with van der Waals surface area (Å²) in [6.45, 7) is 0.947. The van der Waals surface area contributed by atoms with Gasteiger partial charge in [-0.05, 0) is 48.8 Å². The van der Waals surface area contributed by atoms with E-state index in [4.69, 9.17) is 21.7 Å². The summed E-state index contributed by atoms with van der Waals surface area (Å²) in [4.78, 5) is 22.2. The van der Waals surface area contributed by atoms with Crippen molar-refractivity contribution in [2.45, 2.75) is 51.2 Å². The maximum atomic E-state index is 13.0. The minimum absolute atomic E-state index is 0.147. The van der Waals surface area contributed by atoms with Crippen molar-refractivity contribution in [3.05, 3.63) is 64.2 Å². The quantitative estimate of drug-likeness (QED) is 0.507. The van der Waals surface area contributed by atoms with Gasteiger partial charge >= 0.3 is 0 Å². The monoisotopic (exact) mass is 466 g/mol. The third-order valence-electron chi connectivity index (χ3n) is 6.10. The first-order valence-electron chi connectivity index (χ1n) is 11.3. The van der Waals surface area contributed by atoms with Crippen molar-refractivity contribution >= 4 is 28.2 Å². The van der Waals surface area contributed by atoms with Crippen LogP contribution in [0.3, 0.4) is 0 Å². The fourth-order valence-corrected chi connectivity index (χ4v) is 4.62. The molecule has 0 aliphatic heterocycles. The number of fused-ring (bicyclic) bond motifs is 1. The molecule has 1 aliphatic rings. The number of aromatic nitrogens is 2. The molecule has 0 atom stereocenters. The largest absolute Gasteiger partial charge is 0.493 e.